The first kappa shape index (κ1) is 15.8. The molecule has 1 saturated heterocycles. The van der Waals surface area contributed by atoms with Gasteiger partial charge in [0.2, 0.25) is 0 Å². The molecule has 0 saturated carbocycles. The quantitative estimate of drug-likeness (QED) is 0.933. The summed E-state index contributed by atoms with van der Waals surface area (Å²) in [5.41, 5.74) is 2.12. The van der Waals surface area contributed by atoms with Crippen LogP contribution in [0, 0.1) is 0 Å². The maximum absolute atomic E-state index is 12.3. The molecule has 1 heterocycles. The highest BCUT2D eigenvalue weighted by atomic mass is 35.5. The Balaban J connectivity index is 1.55. The molecule has 5 heteroatoms. The zero-order valence-corrected chi connectivity index (χ0v) is 13.5. The van der Waals surface area contributed by atoms with Crippen LogP contribution in [0.2, 0.25) is 5.02 Å². The molecule has 4 nitrogen and oxygen atoms in total. The minimum atomic E-state index is -0.0656. The predicted octanol–water partition coefficient (Wildman–Crippen LogP) is 3.62. The molecule has 23 heavy (non-hydrogen) atoms. The van der Waals surface area contributed by atoms with Crippen LogP contribution in [0.4, 0.5) is 4.79 Å². The second-order valence-electron chi connectivity index (χ2n) is 5.50. The first-order valence-electron chi connectivity index (χ1n) is 7.66. The van der Waals surface area contributed by atoms with Gasteiger partial charge in [-0.05, 0) is 23.3 Å². The maximum atomic E-state index is 12.3. The van der Waals surface area contributed by atoms with Crippen LogP contribution < -0.4 is 5.32 Å². The molecular formula is C18H19ClN2O2. The SMILES string of the molecule is O=C(NCc1ccc(Cl)cc1)N1CCOC(c2ccccc2)C1. The molecule has 1 atom stereocenters. The normalized spacial score (nSPS) is 17.8. The van der Waals surface area contributed by atoms with Gasteiger partial charge in [0.15, 0.2) is 0 Å². The lowest BCUT2D eigenvalue weighted by Gasteiger charge is -2.33. The van der Waals surface area contributed by atoms with E-state index in [0.717, 1.165) is 11.1 Å². The van der Waals surface area contributed by atoms with Crippen molar-refractivity contribution in [2.75, 3.05) is 19.7 Å². The highest BCUT2D eigenvalue weighted by molar-refractivity contribution is 6.30. The van der Waals surface area contributed by atoms with E-state index in [2.05, 4.69) is 5.32 Å². The van der Waals surface area contributed by atoms with Gasteiger partial charge in [0.25, 0.3) is 0 Å². The van der Waals surface area contributed by atoms with Crippen LogP contribution in [0.3, 0.4) is 0 Å². The number of urea groups is 1. The number of nitrogens with zero attached hydrogens (tertiary/aromatic N) is 1. The molecule has 0 aromatic heterocycles. The van der Waals surface area contributed by atoms with Gasteiger partial charge >= 0.3 is 6.03 Å². The lowest BCUT2D eigenvalue weighted by Crippen LogP contribution is -2.46. The van der Waals surface area contributed by atoms with Crippen LogP contribution in [0.25, 0.3) is 0 Å². The molecule has 0 radical (unpaired) electrons. The fourth-order valence-electron chi connectivity index (χ4n) is 2.59. The van der Waals surface area contributed by atoms with Crippen molar-refractivity contribution >= 4 is 17.6 Å². The summed E-state index contributed by atoms with van der Waals surface area (Å²) < 4.78 is 5.78. The molecule has 1 fully saturated rings. The van der Waals surface area contributed by atoms with E-state index < -0.39 is 0 Å². The molecule has 2 amide bonds. The highest BCUT2D eigenvalue weighted by Gasteiger charge is 2.25. The van der Waals surface area contributed by atoms with Crippen LogP contribution in [0.15, 0.2) is 54.6 Å². The number of amides is 2. The molecule has 0 aliphatic carbocycles. The van der Waals surface area contributed by atoms with Crippen molar-refractivity contribution in [1.82, 2.24) is 10.2 Å². The number of rotatable bonds is 3. The van der Waals surface area contributed by atoms with Crippen molar-refractivity contribution in [2.45, 2.75) is 12.6 Å². The van der Waals surface area contributed by atoms with E-state index >= 15 is 0 Å². The van der Waals surface area contributed by atoms with Gasteiger partial charge in [-0.2, -0.15) is 0 Å². The predicted molar refractivity (Wildman–Crippen MR) is 90.4 cm³/mol. The van der Waals surface area contributed by atoms with Crippen LogP contribution in [-0.4, -0.2) is 30.6 Å². The van der Waals surface area contributed by atoms with Crippen LogP contribution in [-0.2, 0) is 11.3 Å². The molecule has 0 bridgehead atoms. The Morgan fingerprint density at radius 2 is 1.91 bits per heavy atom. The summed E-state index contributed by atoms with van der Waals surface area (Å²) in [6, 6.07) is 17.4. The number of hydrogen-bond acceptors (Lipinski definition) is 2. The van der Waals surface area contributed by atoms with E-state index in [-0.39, 0.29) is 12.1 Å². The summed E-state index contributed by atoms with van der Waals surface area (Å²) in [6.45, 7) is 2.21. The Morgan fingerprint density at radius 1 is 1.17 bits per heavy atom. The van der Waals surface area contributed by atoms with Gasteiger partial charge in [0, 0.05) is 18.1 Å². The van der Waals surface area contributed by atoms with Gasteiger partial charge in [-0.15, -0.1) is 0 Å². The summed E-state index contributed by atoms with van der Waals surface area (Å²) in [5, 5.41) is 3.64. The topological polar surface area (TPSA) is 41.6 Å². The van der Waals surface area contributed by atoms with Crippen LogP contribution in [0.5, 0.6) is 0 Å². The Morgan fingerprint density at radius 3 is 2.65 bits per heavy atom. The lowest BCUT2D eigenvalue weighted by atomic mass is 10.1. The Labute approximate surface area is 141 Å². The smallest absolute Gasteiger partial charge is 0.317 e. The van der Waals surface area contributed by atoms with Gasteiger partial charge in [-0.3, -0.25) is 0 Å². The third kappa shape index (κ3) is 4.24. The molecule has 1 N–H and O–H groups in total. The summed E-state index contributed by atoms with van der Waals surface area (Å²) in [7, 11) is 0. The van der Waals surface area contributed by atoms with Crippen molar-refractivity contribution < 1.29 is 9.53 Å². The number of morpholine rings is 1. The van der Waals surface area contributed by atoms with E-state index in [4.69, 9.17) is 16.3 Å². The number of carbonyl (C=O) groups is 1. The van der Waals surface area contributed by atoms with Crippen molar-refractivity contribution in [1.29, 1.82) is 0 Å². The first-order chi connectivity index (χ1) is 11.2. The molecule has 120 valence electrons. The Kier molecular flexibility index (Phi) is 5.16. The van der Waals surface area contributed by atoms with E-state index in [9.17, 15) is 4.79 Å². The van der Waals surface area contributed by atoms with E-state index in [0.29, 0.717) is 31.3 Å². The summed E-state index contributed by atoms with van der Waals surface area (Å²) in [4.78, 5) is 14.2. The third-order valence-corrected chi connectivity index (χ3v) is 4.13. The summed E-state index contributed by atoms with van der Waals surface area (Å²) in [6.07, 6.45) is -0.0637. The van der Waals surface area contributed by atoms with Gasteiger partial charge in [-0.1, -0.05) is 54.1 Å². The average molecular weight is 331 g/mol. The van der Waals surface area contributed by atoms with Gasteiger partial charge in [-0.25, -0.2) is 4.79 Å². The van der Waals surface area contributed by atoms with Gasteiger partial charge in [0.1, 0.15) is 6.10 Å². The minimum absolute atomic E-state index is 0.0637. The minimum Gasteiger partial charge on any atom is -0.370 e. The summed E-state index contributed by atoms with van der Waals surface area (Å²) in [5.74, 6) is 0. The summed E-state index contributed by atoms with van der Waals surface area (Å²) >= 11 is 5.86. The molecule has 1 unspecified atom stereocenters. The third-order valence-electron chi connectivity index (χ3n) is 3.88. The largest absolute Gasteiger partial charge is 0.370 e. The van der Waals surface area contributed by atoms with E-state index in [1.807, 2.05) is 54.6 Å². The molecule has 0 spiro atoms. The number of benzene rings is 2. The Hall–Kier alpha value is -2.04. The molecular weight excluding hydrogens is 312 g/mol. The zero-order chi connectivity index (χ0) is 16.1. The molecule has 3 rings (SSSR count). The number of halogens is 1. The number of ether oxygens (including phenoxy) is 1. The second-order valence-corrected chi connectivity index (χ2v) is 5.94. The van der Waals surface area contributed by atoms with Crippen molar-refractivity contribution in [3.8, 4) is 0 Å². The van der Waals surface area contributed by atoms with E-state index in [1.165, 1.54) is 0 Å². The van der Waals surface area contributed by atoms with Crippen molar-refractivity contribution in [3.05, 3.63) is 70.7 Å². The maximum Gasteiger partial charge on any atom is 0.317 e. The fourth-order valence-corrected chi connectivity index (χ4v) is 2.72. The first-order valence-corrected chi connectivity index (χ1v) is 8.04. The van der Waals surface area contributed by atoms with Gasteiger partial charge < -0.3 is 15.0 Å². The standard InChI is InChI=1S/C18H19ClN2O2/c19-16-8-6-14(7-9-16)12-20-18(22)21-10-11-23-17(13-21)15-4-2-1-3-5-15/h1-9,17H,10-13H2,(H,20,22). The number of carbonyl (C=O) groups excluding carboxylic acids is 1. The van der Waals surface area contributed by atoms with E-state index in [1.54, 1.807) is 4.90 Å². The van der Waals surface area contributed by atoms with Crippen LogP contribution >= 0.6 is 11.6 Å². The molecule has 2 aromatic rings. The Bertz CT molecular complexity index is 646. The second kappa shape index (κ2) is 7.49. The van der Waals surface area contributed by atoms with Gasteiger partial charge in [0.05, 0.1) is 13.2 Å². The fraction of sp³-hybridized carbons (Fsp3) is 0.278. The van der Waals surface area contributed by atoms with Crippen molar-refractivity contribution in [2.24, 2.45) is 0 Å². The number of nitrogens with one attached hydrogen (secondary N) is 1. The molecule has 2 aromatic carbocycles. The lowest BCUT2D eigenvalue weighted by molar-refractivity contribution is -0.0154. The average Bonchev–Trinajstić information content (AvgIpc) is 2.62. The highest BCUT2D eigenvalue weighted by Crippen LogP contribution is 2.21. The zero-order valence-electron chi connectivity index (χ0n) is 12.7. The van der Waals surface area contributed by atoms with Crippen LogP contribution in [0.1, 0.15) is 17.2 Å². The number of hydrogen-bond donors (Lipinski definition) is 1. The van der Waals surface area contributed by atoms with Crippen molar-refractivity contribution in [3.63, 3.8) is 0 Å². The molecule has 1 aliphatic heterocycles. The molecule has 1 aliphatic rings. The monoisotopic (exact) mass is 330 g/mol.